The lowest BCUT2D eigenvalue weighted by molar-refractivity contribution is -0.120. The Morgan fingerprint density at radius 2 is 2.13 bits per heavy atom. The third-order valence-electron chi connectivity index (χ3n) is 2.69. The van der Waals surface area contributed by atoms with Gasteiger partial charge in [0.1, 0.15) is 0 Å². The molecule has 0 unspecified atom stereocenters. The minimum atomic E-state index is 0.0634. The third-order valence-corrected chi connectivity index (χ3v) is 2.88. The predicted molar refractivity (Wildman–Crippen MR) is 61.1 cm³/mol. The van der Waals surface area contributed by atoms with Crippen LogP contribution in [0.25, 0.3) is 0 Å². The van der Waals surface area contributed by atoms with Crippen LogP contribution in [0.4, 0.5) is 0 Å². The lowest BCUT2D eigenvalue weighted by atomic mass is 10.1. The molecule has 3 heteroatoms. The first kappa shape index (κ1) is 10.5. The van der Waals surface area contributed by atoms with Crippen LogP contribution in [0, 0.1) is 0 Å². The van der Waals surface area contributed by atoms with Crippen molar-refractivity contribution in [3.8, 4) is 0 Å². The van der Waals surface area contributed by atoms with Gasteiger partial charge in [0.05, 0.1) is 0 Å². The van der Waals surface area contributed by atoms with Crippen LogP contribution < -0.4 is 5.32 Å². The molecule has 1 amide bonds. The van der Waals surface area contributed by atoms with Gasteiger partial charge in [-0.1, -0.05) is 30.3 Å². The average molecular weight is 224 g/mol. The van der Waals surface area contributed by atoms with E-state index < -0.39 is 0 Å². The maximum atomic E-state index is 11.3. The zero-order valence-electron chi connectivity index (χ0n) is 8.45. The lowest BCUT2D eigenvalue weighted by Crippen LogP contribution is -2.26. The van der Waals surface area contributed by atoms with Gasteiger partial charge in [-0.2, -0.15) is 0 Å². The van der Waals surface area contributed by atoms with Crippen molar-refractivity contribution in [2.75, 3.05) is 5.88 Å². The van der Waals surface area contributed by atoms with Crippen LogP contribution in [0.2, 0.25) is 0 Å². The van der Waals surface area contributed by atoms with E-state index in [9.17, 15) is 4.79 Å². The second kappa shape index (κ2) is 4.67. The van der Waals surface area contributed by atoms with Crippen molar-refractivity contribution in [3.63, 3.8) is 0 Å². The quantitative estimate of drug-likeness (QED) is 0.780. The summed E-state index contributed by atoms with van der Waals surface area (Å²) in [4.78, 5) is 11.3. The van der Waals surface area contributed by atoms with E-state index in [-0.39, 0.29) is 5.91 Å². The molecular formula is C12H14ClNO. The minimum Gasteiger partial charge on any atom is -0.353 e. The Hall–Kier alpha value is -1.02. The summed E-state index contributed by atoms with van der Waals surface area (Å²) in [6, 6.07) is 10.6. The minimum absolute atomic E-state index is 0.0634. The van der Waals surface area contributed by atoms with Crippen LogP contribution >= 0.6 is 11.6 Å². The van der Waals surface area contributed by atoms with E-state index in [1.165, 1.54) is 5.56 Å². The highest BCUT2D eigenvalue weighted by Crippen LogP contribution is 2.40. The largest absolute Gasteiger partial charge is 0.353 e. The summed E-state index contributed by atoms with van der Waals surface area (Å²) in [5.74, 6) is 0.966. The van der Waals surface area contributed by atoms with Gasteiger partial charge in [0, 0.05) is 24.3 Å². The molecule has 0 heterocycles. The van der Waals surface area contributed by atoms with Crippen LogP contribution in [0.15, 0.2) is 30.3 Å². The van der Waals surface area contributed by atoms with E-state index in [0.717, 1.165) is 6.42 Å². The van der Waals surface area contributed by atoms with Gasteiger partial charge in [-0.3, -0.25) is 4.79 Å². The number of amides is 1. The van der Waals surface area contributed by atoms with Crippen molar-refractivity contribution in [1.82, 2.24) is 5.32 Å². The molecule has 2 atom stereocenters. The zero-order chi connectivity index (χ0) is 10.7. The zero-order valence-corrected chi connectivity index (χ0v) is 9.20. The third kappa shape index (κ3) is 2.72. The Bertz CT molecular complexity index is 339. The Morgan fingerprint density at radius 1 is 1.40 bits per heavy atom. The van der Waals surface area contributed by atoms with E-state index in [2.05, 4.69) is 17.4 Å². The smallest absolute Gasteiger partial charge is 0.221 e. The van der Waals surface area contributed by atoms with Crippen LogP contribution in [0.1, 0.15) is 24.3 Å². The molecule has 0 radical (unpaired) electrons. The first-order chi connectivity index (χ1) is 7.31. The number of nitrogens with one attached hydrogen (secondary N) is 1. The molecule has 0 aromatic heterocycles. The molecule has 0 bridgehead atoms. The standard InChI is InChI=1S/C12H14ClNO/c13-7-6-12(15)14-11-8-10(11)9-4-2-1-3-5-9/h1-5,10-11H,6-8H2,(H,14,15)/t10-,11+/m0/s1. The lowest BCUT2D eigenvalue weighted by Gasteiger charge is -2.03. The second-order valence-electron chi connectivity index (χ2n) is 3.87. The van der Waals surface area contributed by atoms with E-state index in [0.29, 0.717) is 24.3 Å². The summed E-state index contributed by atoms with van der Waals surface area (Å²) in [6.45, 7) is 0. The monoisotopic (exact) mass is 223 g/mol. The van der Waals surface area contributed by atoms with Gasteiger partial charge in [0.2, 0.25) is 5.91 Å². The van der Waals surface area contributed by atoms with Crippen LogP contribution in [-0.4, -0.2) is 17.8 Å². The Labute approximate surface area is 94.6 Å². The summed E-state index contributed by atoms with van der Waals surface area (Å²) >= 11 is 5.49. The molecular weight excluding hydrogens is 210 g/mol. The van der Waals surface area contributed by atoms with Gasteiger partial charge in [-0.25, -0.2) is 0 Å². The van der Waals surface area contributed by atoms with Crippen molar-refractivity contribution in [2.24, 2.45) is 0 Å². The molecule has 1 aromatic rings. The SMILES string of the molecule is O=C(CCCl)N[C@@H]1C[C@H]1c1ccccc1. The number of halogens is 1. The average Bonchev–Trinajstić information content (AvgIpc) is 2.99. The molecule has 15 heavy (non-hydrogen) atoms. The molecule has 1 aliphatic carbocycles. The van der Waals surface area contributed by atoms with E-state index >= 15 is 0 Å². The Morgan fingerprint density at radius 3 is 2.80 bits per heavy atom. The van der Waals surface area contributed by atoms with Gasteiger partial charge in [-0.05, 0) is 12.0 Å². The number of hydrogen-bond donors (Lipinski definition) is 1. The van der Waals surface area contributed by atoms with Gasteiger partial charge in [-0.15, -0.1) is 11.6 Å². The highest BCUT2D eigenvalue weighted by atomic mass is 35.5. The molecule has 1 saturated carbocycles. The highest BCUT2D eigenvalue weighted by molar-refractivity contribution is 6.18. The fraction of sp³-hybridized carbons (Fsp3) is 0.417. The second-order valence-corrected chi connectivity index (χ2v) is 4.24. The number of carbonyl (C=O) groups is 1. The van der Waals surface area contributed by atoms with Gasteiger partial charge in [0.15, 0.2) is 0 Å². The Kier molecular flexibility index (Phi) is 3.27. The summed E-state index contributed by atoms with van der Waals surface area (Å²) < 4.78 is 0. The highest BCUT2D eigenvalue weighted by Gasteiger charge is 2.38. The molecule has 80 valence electrons. The molecule has 2 nitrogen and oxygen atoms in total. The summed E-state index contributed by atoms with van der Waals surface area (Å²) in [7, 11) is 0. The molecule has 0 aliphatic heterocycles. The van der Waals surface area contributed by atoms with Crippen LogP contribution in [-0.2, 0) is 4.79 Å². The van der Waals surface area contributed by atoms with Crippen LogP contribution in [0.5, 0.6) is 0 Å². The van der Waals surface area contributed by atoms with Gasteiger partial charge < -0.3 is 5.32 Å². The fourth-order valence-electron chi connectivity index (χ4n) is 1.79. The van der Waals surface area contributed by atoms with E-state index in [4.69, 9.17) is 11.6 Å². The first-order valence-electron chi connectivity index (χ1n) is 5.21. The molecule has 1 fully saturated rings. The Balaban J connectivity index is 1.84. The molecule has 0 saturated heterocycles. The van der Waals surface area contributed by atoms with Crippen molar-refractivity contribution in [1.29, 1.82) is 0 Å². The number of benzene rings is 1. The summed E-state index contributed by atoms with van der Waals surface area (Å²) in [5.41, 5.74) is 1.31. The predicted octanol–water partition coefficient (Wildman–Crippen LogP) is 2.29. The van der Waals surface area contributed by atoms with Crippen molar-refractivity contribution < 1.29 is 4.79 Å². The molecule has 0 spiro atoms. The normalized spacial score (nSPS) is 23.5. The topological polar surface area (TPSA) is 29.1 Å². The summed E-state index contributed by atoms with van der Waals surface area (Å²) in [5, 5.41) is 2.98. The van der Waals surface area contributed by atoms with Gasteiger partial charge >= 0.3 is 0 Å². The first-order valence-corrected chi connectivity index (χ1v) is 5.75. The number of hydrogen-bond acceptors (Lipinski definition) is 1. The molecule has 2 rings (SSSR count). The van der Waals surface area contributed by atoms with Crippen molar-refractivity contribution in [3.05, 3.63) is 35.9 Å². The molecule has 1 aliphatic rings. The maximum absolute atomic E-state index is 11.3. The molecule has 1 N–H and O–H groups in total. The van der Waals surface area contributed by atoms with Crippen molar-refractivity contribution >= 4 is 17.5 Å². The number of alkyl halides is 1. The summed E-state index contributed by atoms with van der Waals surface area (Å²) in [6.07, 6.45) is 1.47. The number of rotatable bonds is 4. The van der Waals surface area contributed by atoms with Gasteiger partial charge in [0.25, 0.3) is 0 Å². The van der Waals surface area contributed by atoms with Crippen LogP contribution in [0.3, 0.4) is 0 Å². The maximum Gasteiger partial charge on any atom is 0.221 e. The van der Waals surface area contributed by atoms with E-state index in [1.54, 1.807) is 0 Å². The molecule has 1 aromatic carbocycles. The fourth-order valence-corrected chi connectivity index (χ4v) is 1.96. The number of carbonyl (C=O) groups excluding carboxylic acids is 1. The van der Waals surface area contributed by atoms with E-state index in [1.807, 2.05) is 18.2 Å². The van der Waals surface area contributed by atoms with Crippen molar-refractivity contribution in [2.45, 2.75) is 24.8 Å².